The minimum atomic E-state index is -0.445. The van der Waals surface area contributed by atoms with Crippen LogP contribution in [0.2, 0.25) is 0 Å². The van der Waals surface area contributed by atoms with Gasteiger partial charge in [-0.1, -0.05) is 45.9 Å². The molecule has 0 heterocycles. The van der Waals surface area contributed by atoms with Crippen molar-refractivity contribution in [2.75, 3.05) is 26.2 Å². The van der Waals surface area contributed by atoms with Crippen LogP contribution >= 0.6 is 0 Å². The number of aliphatic hydroxyl groups excluding tert-OH is 1. The van der Waals surface area contributed by atoms with E-state index in [1.54, 1.807) is 0 Å². The monoisotopic (exact) mass is 307 g/mol. The molecule has 3 nitrogen and oxygen atoms in total. The topological polar surface area (TPSA) is 32.7 Å². The summed E-state index contributed by atoms with van der Waals surface area (Å²) >= 11 is 0. The molecule has 0 saturated carbocycles. The van der Waals surface area contributed by atoms with Crippen LogP contribution in [0.3, 0.4) is 0 Å². The minimum Gasteiger partial charge on any atom is -0.491 e. The molecule has 0 aromatic heterocycles. The fourth-order valence-electron chi connectivity index (χ4n) is 2.24. The lowest BCUT2D eigenvalue weighted by Gasteiger charge is -2.26. The van der Waals surface area contributed by atoms with E-state index < -0.39 is 6.10 Å². The first-order chi connectivity index (χ1) is 10.5. The minimum absolute atomic E-state index is 0.351. The predicted molar refractivity (Wildman–Crippen MR) is 93.3 cm³/mol. The number of rotatable bonds is 11. The Balaban J connectivity index is 2.37. The third kappa shape index (κ3) is 9.06. The Morgan fingerprint density at radius 2 is 1.50 bits per heavy atom. The van der Waals surface area contributed by atoms with Crippen LogP contribution in [0.25, 0.3) is 0 Å². The van der Waals surface area contributed by atoms with E-state index in [4.69, 9.17) is 4.74 Å². The number of para-hydroxylation sites is 1. The van der Waals surface area contributed by atoms with Crippen LogP contribution in [-0.4, -0.2) is 42.4 Å². The Hall–Kier alpha value is -1.06. The summed E-state index contributed by atoms with van der Waals surface area (Å²) in [5.41, 5.74) is 0. The number of hydrogen-bond acceptors (Lipinski definition) is 3. The summed E-state index contributed by atoms with van der Waals surface area (Å²) in [6.07, 6.45) is 1.90. The highest BCUT2D eigenvalue weighted by Gasteiger charge is 2.13. The molecule has 0 spiro atoms. The zero-order chi connectivity index (χ0) is 16.4. The molecule has 3 heteroatoms. The molecule has 1 rings (SSSR count). The molecular weight excluding hydrogens is 274 g/mol. The molecule has 1 aromatic rings. The van der Waals surface area contributed by atoms with Gasteiger partial charge in [-0.25, -0.2) is 0 Å². The van der Waals surface area contributed by atoms with Crippen LogP contribution in [-0.2, 0) is 0 Å². The highest BCUT2D eigenvalue weighted by molar-refractivity contribution is 5.20. The molecule has 0 radical (unpaired) electrons. The second-order valence-corrected chi connectivity index (χ2v) is 6.94. The quantitative estimate of drug-likeness (QED) is 0.674. The summed E-state index contributed by atoms with van der Waals surface area (Å²) in [6.45, 7) is 12.1. The van der Waals surface area contributed by atoms with Crippen LogP contribution in [0, 0.1) is 11.8 Å². The first-order valence-electron chi connectivity index (χ1n) is 8.55. The molecule has 1 N–H and O–H groups in total. The molecule has 0 bridgehead atoms. The fraction of sp³-hybridized carbons (Fsp3) is 0.684. The lowest BCUT2D eigenvalue weighted by molar-refractivity contribution is 0.0650. The third-order valence-corrected chi connectivity index (χ3v) is 3.70. The van der Waals surface area contributed by atoms with Crippen molar-refractivity contribution in [1.29, 1.82) is 0 Å². The summed E-state index contributed by atoms with van der Waals surface area (Å²) in [4.78, 5) is 2.37. The van der Waals surface area contributed by atoms with Crippen LogP contribution < -0.4 is 4.74 Å². The van der Waals surface area contributed by atoms with Gasteiger partial charge in [-0.2, -0.15) is 0 Å². The fourth-order valence-corrected chi connectivity index (χ4v) is 2.24. The molecule has 0 aliphatic carbocycles. The Morgan fingerprint density at radius 1 is 0.955 bits per heavy atom. The summed E-state index contributed by atoms with van der Waals surface area (Å²) in [5, 5.41) is 10.2. The lowest BCUT2D eigenvalue weighted by Crippen LogP contribution is -2.37. The van der Waals surface area contributed by atoms with Gasteiger partial charge in [0.25, 0.3) is 0 Å². The summed E-state index contributed by atoms with van der Waals surface area (Å²) in [7, 11) is 0. The maximum absolute atomic E-state index is 10.2. The van der Waals surface area contributed by atoms with Gasteiger partial charge in [-0.3, -0.25) is 0 Å². The number of hydrogen-bond donors (Lipinski definition) is 1. The zero-order valence-corrected chi connectivity index (χ0v) is 14.7. The molecule has 1 atom stereocenters. The molecule has 0 saturated heterocycles. The van der Waals surface area contributed by atoms with Gasteiger partial charge in [-0.15, -0.1) is 0 Å². The SMILES string of the molecule is CC(C)CCN(CCC(C)C)C[C@@H](O)COc1ccccc1. The molecule has 126 valence electrons. The maximum atomic E-state index is 10.2. The van der Waals surface area contributed by atoms with Gasteiger partial charge >= 0.3 is 0 Å². The van der Waals surface area contributed by atoms with Gasteiger partial charge in [0.1, 0.15) is 18.5 Å². The molecule has 1 aromatic carbocycles. The van der Waals surface area contributed by atoms with Gasteiger partial charge in [0.2, 0.25) is 0 Å². The van der Waals surface area contributed by atoms with Crippen molar-refractivity contribution in [3.05, 3.63) is 30.3 Å². The zero-order valence-electron chi connectivity index (χ0n) is 14.7. The summed E-state index contributed by atoms with van der Waals surface area (Å²) < 4.78 is 5.64. The van der Waals surface area contributed by atoms with Gasteiger partial charge < -0.3 is 14.7 Å². The molecular formula is C19H33NO2. The van der Waals surface area contributed by atoms with Crippen molar-refractivity contribution < 1.29 is 9.84 Å². The van der Waals surface area contributed by atoms with Crippen molar-refractivity contribution >= 4 is 0 Å². The molecule has 0 amide bonds. The van der Waals surface area contributed by atoms with E-state index in [2.05, 4.69) is 32.6 Å². The third-order valence-electron chi connectivity index (χ3n) is 3.70. The van der Waals surface area contributed by atoms with Crippen molar-refractivity contribution in [3.8, 4) is 5.75 Å². The average molecular weight is 307 g/mol. The summed E-state index contributed by atoms with van der Waals surface area (Å²) in [5.74, 6) is 2.20. The van der Waals surface area contributed by atoms with Crippen LogP contribution in [0.15, 0.2) is 30.3 Å². The number of nitrogens with zero attached hydrogens (tertiary/aromatic N) is 1. The van der Waals surface area contributed by atoms with Gasteiger partial charge in [-0.05, 0) is 49.9 Å². The Kier molecular flexibility index (Phi) is 9.17. The number of ether oxygens (including phenoxy) is 1. The summed E-state index contributed by atoms with van der Waals surface area (Å²) in [6, 6.07) is 9.69. The predicted octanol–water partition coefficient (Wildman–Crippen LogP) is 3.82. The Morgan fingerprint density at radius 3 is 2.00 bits per heavy atom. The van der Waals surface area contributed by atoms with Crippen molar-refractivity contribution in [2.45, 2.75) is 46.6 Å². The smallest absolute Gasteiger partial charge is 0.119 e. The maximum Gasteiger partial charge on any atom is 0.119 e. The van der Waals surface area contributed by atoms with E-state index in [9.17, 15) is 5.11 Å². The molecule has 0 aliphatic rings. The van der Waals surface area contributed by atoms with Gasteiger partial charge in [0, 0.05) is 6.54 Å². The second-order valence-electron chi connectivity index (χ2n) is 6.94. The van der Waals surface area contributed by atoms with E-state index in [1.165, 1.54) is 12.8 Å². The lowest BCUT2D eigenvalue weighted by atomic mass is 10.1. The second kappa shape index (κ2) is 10.6. The van der Waals surface area contributed by atoms with Crippen molar-refractivity contribution in [2.24, 2.45) is 11.8 Å². The van der Waals surface area contributed by atoms with Crippen molar-refractivity contribution in [3.63, 3.8) is 0 Å². The van der Waals surface area contributed by atoms with E-state index in [-0.39, 0.29) is 0 Å². The number of benzene rings is 1. The van der Waals surface area contributed by atoms with Crippen LogP contribution in [0.5, 0.6) is 5.75 Å². The van der Waals surface area contributed by atoms with E-state index >= 15 is 0 Å². The standard InChI is InChI=1S/C19H33NO2/c1-16(2)10-12-20(13-11-17(3)4)14-18(21)15-22-19-8-6-5-7-9-19/h5-9,16-18,21H,10-15H2,1-4H3/t18-/m1/s1. The molecule has 0 fully saturated rings. The number of aliphatic hydroxyl groups is 1. The highest BCUT2D eigenvalue weighted by atomic mass is 16.5. The molecule has 22 heavy (non-hydrogen) atoms. The normalized spacial score (nSPS) is 13.1. The Bertz CT molecular complexity index is 366. The van der Waals surface area contributed by atoms with Gasteiger partial charge in [0.15, 0.2) is 0 Å². The van der Waals surface area contributed by atoms with E-state index in [0.29, 0.717) is 25.0 Å². The van der Waals surface area contributed by atoms with Gasteiger partial charge in [0.05, 0.1) is 0 Å². The van der Waals surface area contributed by atoms with Crippen molar-refractivity contribution in [1.82, 2.24) is 4.90 Å². The molecule has 0 aliphatic heterocycles. The Labute approximate surface area is 136 Å². The van der Waals surface area contributed by atoms with E-state index in [1.807, 2.05) is 30.3 Å². The van der Waals surface area contributed by atoms with Crippen LogP contribution in [0.1, 0.15) is 40.5 Å². The first-order valence-corrected chi connectivity index (χ1v) is 8.55. The van der Waals surface area contributed by atoms with Crippen LogP contribution in [0.4, 0.5) is 0 Å². The average Bonchev–Trinajstić information content (AvgIpc) is 2.48. The first kappa shape index (κ1) is 19.0. The largest absolute Gasteiger partial charge is 0.491 e. The highest BCUT2D eigenvalue weighted by Crippen LogP contribution is 2.10. The molecule has 0 unspecified atom stereocenters. The van der Waals surface area contributed by atoms with E-state index in [0.717, 1.165) is 18.8 Å².